The molecule has 15 heavy (non-hydrogen) atoms. The standard InChI is InChI=1S/C12H23N3/c1-5-13-11(14-9-6-8(9)2)15-10-7-12(10,3)4/h8-10H,5-7H2,1-4H3,(H2,13,14,15). The first kappa shape index (κ1) is 10.8. The summed E-state index contributed by atoms with van der Waals surface area (Å²) in [4.78, 5) is 4.48. The summed E-state index contributed by atoms with van der Waals surface area (Å²) in [6.07, 6.45) is 2.55. The molecule has 2 saturated carbocycles. The molecule has 2 N–H and O–H groups in total. The Morgan fingerprint density at radius 2 is 2.00 bits per heavy atom. The molecular weight excluding hydrogens is 186 g/mol. The molecule has 0 heterocycles. The molecule has 0 radical (unpaired) electrons. The normalized spacial score (nSPS) is 37.3. The minimum absolute atomic E-state index is 0.464. The molecule has 3 nitrogen and oxygen atoms in total. The van der Waals surface area contributed by atoms with Gasteiger partial charge in [0.25, 0.3) is 0 Å². The lowest BCUT2D eigenvalue weighted by Crippen LogP contribution is -2.41. The largest absolute Gasteiger partial charge is 0.353 e. The minimum atomic E-state index is 0.464. The van der Waals surface area contributed by atoms with Gasteiger partial charge in [-0.3, -0.25) is 4.99 Å². The zero-order valence-electron chi connectivity index (χ0n) is 10.3. The fourth-order valence-corrected chi connectivity index (χ4v) is 1.87. The lowest BCUT2D eigenvalue weighted by Gasteiger charge is -2.13. The number of nitrogens with zero attached hydrogens (tertiary/aromatic N) is 1. The van der Waals surface area contributed by atoms with E-state index in [-0.39, 0.29) is 0 Å². The van der Waals surface area contributed by atoms with Crippen molar-refractivity contribution in [3.8, 4) is 0 Å². The quantitative estimate of drug-likeness (QED) is 0.549. The van der Waals surface area contributed by atoms with Gasteiger partial charge in [0.15, 0.2) is 5.96 Å². The van der Waals surface area contributed by atoms with Gasteiger partial charge in [0.1, 0.15) is 0 Å². The molecule has 2 rings (SSSR count). The van der Waals surface area contributed by atoms with Gasteiger partial charge in [0, 0.05) is 18.6 Å². The van der Waals surface area contributed by atoms with Crippen LogP contribution in [0, 0.1) is 11.3 Å². The first-order valence-electron chi connectivity index (χ1n) is 6.10. The number of hydrogen-bond donors (Lipinski definition) is 2. The molecular formula is C12H23N3. The van der Waals surface area contributed by atoms with Gasteiger partial charge in [-0.15, -0.1) is 0 Å². The third-order valence-electron chi connectivity index (χ3n) is 3.57. The van der Waals surface area contributed by atoms with Gasteiger partial charge in [-0.1, -0.05) is 20.8 Å². The Labute approximate surface area is 92.7 Å². The van der Waals surface area contributed by atoms with Crippen LogP contribution in [0.5, 0.6) is 0 Å². The lowest BCUT2D eigenvalue weighted by molar-refractivity contribution is 0.587. The van der Waals surface area contributed by atoms with Crippen LogP contribution in [0.3, 0.4) is 0 Å². The minimum Gasteiger partial charge on any atom is -0.353 e. The first-order valence-corrected chi connectivity index (χ1v) is 6.10. The summed E-state index contributed by atoms with van der Waals surface area (Å²) in [5.74, 6) is 1.84. The highest BCUT2D eigenvalue weighted by atomic mass is 15.2. The van der Waals surface area contributed by atoms with E-state index in [1.807, 2.05) is 0 Å². The Kier molecular flexibility index (Phi) is 2.65. The molecule has 3 unspecified atom stereocenters. The van der Waals surface area contributed by atoms with Crippen molar-refractivity contribution in [1.82, 2.24) is 10.6 Å². The second kappa shape index (κ2) is 3.69. The zero-order chi connectivity index (χ0) is 11.1. The van der Waals surface area contributed by atoms with Crippen LogP contribution in [0.15, 0.2) is 4.99 Å². The van der Waals surface area contributed by atoms with E-state index in [1.165, 1.54) is 12.8 Å². The Hall–Kier alpha value is -0.730. The number of aliphatic imine (C=N–C) groups is 1. The summed E-state index contributed by atoms with van der Waals surface area (Å²) < 4.78 is 0. The van der Waals surface area contributed by atoms with Crippen molar-refractivity contribution in [2.24, 2.45) is 16.3 Å². The van der Waals surface area contributed by atoms with E-state index >= 15 is 0 Å². The van der Waals surface area contributed by atoms with Crippen molar-refractivity contribution < 1.29 is 0 Å². The third kappa shape index (κ3) is 2.64. The smallest absolute Gasteiger partial charge is 0.191 e. The van der Waals surface area contributed by atoms with Crippen molar-refractivity contribution in [3.05, 3.63) is 0 Å². The van der Waals surface area contributed by atoms with E-state index in [9.17, 15) is 0 Å². The van der Waals surface area contributed by atoms with Crippen LogP contribution in [0.2, 0.25) is 0 Å². The molecule has 3 heteroatoms. The molecule has 0 aromatic carbocycles. The van der Waals surface area contributed by atoms with Gasteiger partial charge < -0.3 is 10.6 Å². The third-order valence-corrected chi connectivity index (χ3v) is 3.57. The van der Waals surface area contributed by atoms with Gasteiger partial charge in [0.2, 0.25) is 0 Å². The van der Waals surface area contributed by atoms with E-state index in [4.69, 9.17) is 0 Å². The molecule has 86 valence electrons. The highest BCUT2D eigenvalue weighted by Crippen LogP contribution is 2.44. The fourth-order valence-electron chi connectivity index (χ4n) is 1.87. The van der Waals surface area contributed by atoms with Crippen LogP contribution >= 0.6 is 0 Å². The van der Waals surface area contributed by atoms with E-state index in [0.29, 0.717) is 17.5 Å². The SMILES string of the molecule is CCN=C(NC1CC1C)NC1CC1(C)C. The van der Waals surface area contributed by atoms with E-state index in [1.54, 1.807) is 0 Å². The van der Waals surface area contributed by atoms with Crippen LogP contribution in [0.4, 0.5) is 0 Å². The van der Waals surface area contributed by atoms with E-state index in [2.05, 4.69) is 43.3 Å². The van der Waals surface area contributed by atoms with Gasteiger partial charge in [0.05, 0.1) is 0 Å². The maximum atomic E-state index is 4.48. The van der Waals surface area contributed by atoms with Crippen LogP contribution < -0.4 is 10.6 Å². The monoisotopic (exact) mass is 209 g/mol. The van der Waals surface area contributed by atoms with Crippen LogP contribution in [-0.2, 0) is 0 Å². The topological polar surface area (TPSA) is 36.4 Å². The van der Waals surface area contributed by atoms with Gasteiger partial charge in [-0.2, -0.15) is 0 Å². The predicted octanol–water partition coefficient (Wildman–Crippen LogP) is 1.75. The summed E-state index contributed by atoms with van der Waals surface area (Å²) in [7, 11) is 0. The summed E-state index contributed by atoms with van der Waals surface area (Å²) in [5, 5.41) is 7.00. The van der Waals surface area contributed by atoms with E-state index in [0.717, 1.165) is 18.4 Å². The van der Waals surface area contributed by atoms with Gasteiger partial charge >= 0.3 is 0 Å². The average molecular weight is 209 g/mol. The Balaban J connectivity index is 1.82. The number of rotatable bonds is 3. The second-order valence-electron chi connectivity index (χ2n) is 5.68. The molecule has 0 aromatic rings. The summed E-state index contributed by atoms with van der Waals surface area (Å²) in [6, 6.07) is 1.27. The lowest BCUT2D eigenvalue weighted by atomic mass is 10.2. The maximum Gasteiger partial charge on any atom is 0.191 e. The summed E-state index contributed by atoms with van der Waals surface area (Å²) in [6.45, 7) is 9.81. The molecule has 2 aliphatic carbocycles. The van der Waals surface area contributed by atoms with Crippen LogP contribution in [0.1, 0.15) is 40.5 Å². The Morgan fingerprint density at radius 3 is 2.40 bits per heavy atom. The van der Waals surface area contributed by atoms with Crippen molar-refractivity contribution in [1.29, 1.82) is 0 Å². The van der Waals surface area contributed by atoms with Crippen LogP contribution in [-0.4, -0.2) is 24.6 Å². The van der Waals surface area contributed by atoms with Crippen molar-refractivity contribution in [2.75, 3.05) is 6.54 Å². The molecule has 0 amide bonds. The Morgan fingerprint density at radius 1 is 1.40 bits per heavy atom. The predicted molar refractivity (Wildman–Crippen MR) is 64.0 cm³/mol. The molecule has 0 aliphatic heterocycles. The Bertz CT molecular complexity index is 270. The fraction of sp³-hybridized carbons (Fsp3) is 0.917. The molecule has 2 aliphatic rings. The number of nitrogens with one attached hydrogen (secondary N) is 2. The molecule has 0 spiro atoms. The summed E-state index contributed by atoms with van der Waals surface area (Å²) in [5.41, 5.74) is 0.464. The second-order valence-corrected chi connectivity index (χ2v) is 5.68. The molecule has 0 saturated heterocycles. The maximum absolute atomic E-state index is 4.48. The first-order chi connectivity index (χ1) is 7.03. The molecule has 0 bridgehead atoms. The van der Waals surface area contributed by atoms with Gasteiger partial charge in [-0.25, -0.2) is 0 Å². The van der Waals surface area contributed by atoms with Crippen molar-refractivity contribution in [2.45, 2.75) is 52.6 Å². The van der Waals surface area contributed by atoms with Crippen LogP contribution in [0.25, 0.3) is 0 Å². The van der Waals surface area contributed by atoms with Crippen molar-refractivity contribution in [3.63, 3.8) is 0 Å². The number of guanidine groups is 1. The highest BCUT2D eigenvalue weighted by Gasteiger charge is 2.46. The average Bonchev–Trinajstić information content (AvgIpc) is 2.95. The van der Waals surface area contributed by atoms with Gasteiger partial charge in [-0.05, 0) is 31.1 Å². The number of hydrogen-bond acceptors (Lipinski definition) is 1. The molecule has 3 atom stereocenters. The van der Waals surface area contributed by atoms with E-state index < -0.39 is 0 Å². The molecule has 0 aromatic heterocycles. The summed E-state index contributed by atoms with van der Waals surface area (Å²) >= 11 is 0. The van der Waals surface area contributed by atoms with Crippen molar-refractivity contribution >= 4 is 5.96 Å². The zero-order valence-corrected chi connectivity index (χ0v) is 10.3. The highest BCUT2D eigenvalue weighted by molar-refractivity contribution is 5.81. The molecule has 2 fully saturated rings.